The predicted molar refractivity (Wildman–Crippen MR) is 87.0 cm³/mol. The van der Waals surface area contributed by atoms with Crippen LogP contribution in [0.25, 0.3) is 0 Å². The lowest BCUT2D eigenvalue weighted by molar-refractivity contribution is -0.116. The summed E-state index contributed by atoms with van der Waals surface area (Å²) in [6.45, 7) is 1.41. The van der Waals surface area contributed by atoms with Gasteiger partial charge in [0, 0.05) is 19.0 Å². The van der Waals surface area contributed by atoms with Crippen LogP contribution in [0, 0.1) is 0 Å². The van der Waals surface area contributed by atoms with Crippen molar-refractivity contribution in [3.63, 3.8) is 0 Å². The minimum absolute atomic E-state index is 0.0652. The van der Waals surface area contributed by atoms with E-state index < -0.39 is 0 Å². The van der Waals surface area contributed by atoms with Crippen LogP contribution in [0.2, 0.25) is 5.02 Å². The van der Waals surface area contributed by atoms with E-state index in [9.17, 15) is 9.59 Å². The fourth-order valence-corrected chi connectivity index (χ4v) is 2.73. The summed E-state index contributed by atoms with van der Waals surface area (Å²) in [7, 11) is 0. The Morgan fingerprint density at radius 3 is 2.67 bits per heavy atom. The molecule has 0 radical (unpaired) electrons. The SMILES string of the molecule is CC(=O)Nc1ccc(NC(=O)CCc2ccsc2)cc1Cl. The van der Waals surface area contributed by atoms with E-state index in [4.69, 9.17) is 11.6 Å². The van der Waals surface area contributed by atoms with E-state index in [-0.39, 0.29) is 11.8 Å². The van der Waals surface area contributed by atoms with Crippen molar-refractivity contribution in [1.82, 2.24) is 0 Å². The molecular weight excluding hydrogens is 308 g/mol. The smallest absolute Gasteiger partial charge is 0.224 e. The second-order valence-corrected chi connectivity index (χ2v) is 5.74. The second-order valence-electron chi connectivity index (χ2n) is 4.56. The molecule has 0 atom stereocenters. The normalized spacial score (nSPS) is 10.2. The molecule has 0 bridgehead atoms. The Morgan fingerprint density at radius 1 is 1.24 bits per heavy atom. The molecule has 0 fully saturated rings. The molecule has 2 N–H and O–H groups in total. The van der Waals surface area contributed by atoms with Gasteiger partial charge < -0.3 is 10.6 Å². The second kappa shape index (κ2) is 7.24. The first kappa shape index (κ1) is 15.5. The molecule has 0 aliphatic carbocycles. The summed E-state index contributed by atoms with van der Waals surface area (Å²) in [5.74, 6) is -0.256. The number of halogens is 1. The molecule has 1 aromatic heterocycles. The van der Waals surface area contributed by atoms with E-state index in [0.717, 1.165) is 5.56 Å². The van der Waals surface area contributed by atoms with Crippen molar-refractivity contribution < 1.29 is 9.59 Å². The zero-order valence-electron chi connectivity index (χ0n) is 11.5. The molecule has 2 amide bonds. The number of aryl methyl sites for hydroxylation is 1. The van der Waals surface area contributed by atoms with Crippen LogP contribution < -0.4 is 10.6 Å². The van der Waals surface area contributed by atoms with E-state index in [2.05, 4.69) is 10.6 Å². The number of nitrogens with one attached hydrogen (secondary N) is 2. The number of hydrogen-bond acceptors (Lipinski definition) is 3. The maximum Gasteiger partial charge on any atom is 0.224 e. The van der Waals surface area contributed by atoms with Crippen molar-refractivity contribution in [2.24, 2.45) is 0 Å². The third kappa shape index (κ3) is 4.88. The number of benzene rings is 1. The summed E-state index contributed by atoms with van der Waals surface area (Å²) in [5, 5.41) is 9.83. The van der Waals surface area contributed by atoms with Gasteiger partial charge in [-0.05, 0) is 47.0 Å². The number of carbonyl (C=O) groups excluding carboxylic acids is 2. The number of rotatable bonds is 5. The van der Waals surface area contributed by atoms with Crippen molar-refractivity contribution in [2.75, 3.05) is 10.6 Å². The van der Waals surface area contributed by atoms with Gasteiger partial charge in [0.2, 0.25) is 11.8 Å². The van der Waals surface area contributed by atoms with Gasteiger partial charge >= 0.3 is 0 Å². The highest BCUT2D eigenvalue weighted by atomic mass is 35.5. The first-order valence-corrected chi connectivity index (χ1v) is 7.75. The van der Waals surface area contributed by atoms with Crippen LogP contribution in [0.1, 0.15) is 18.9 Å². The maximum atomic E-state index is 11.9. The number of anilines is 2. The fraction of sp³-hybridized carbons (Fsp3) is 0.200. The van der Waals surface area contributed by atoms with Crippen molar-refractivity contribution in [3.8, 4) is 0 Å². The van der Waals surface area contributed by atoms with Crippen LogP contribution in [0.4, 0.5) is 11.4 Å². The number of carbonyl (C=O) groups is 2. The number of thiophene rings is 1. The van der Waals surface area contributed by atoms with Gasteiger partial charge in [-0.1, -0.05) is 11.6 Å². The Kier molecular flexibility index (Phi) is 5.36. The van der Waals surface area contributed by atoms with E-state index in [0.29, 0.717) is 29.2 Å². The molecule has 0 spiro atoms. The van der Waals surface area contributed by atoms with Gasteiger partial charge in [0.05, 0.1) is 10.7 Å². The van der Waals surface area contributed by atoms with E-state index in [1.165, 1.54) is 6.92 Å². The van der Waals surface area contributed by atoms with Crippen molar-refractivity contribution in [2.45, 2.75) is 19.8 Å². The summed E-state index contributed by atoms with van der Waals surface area (Å²) in [6.07, 6.45) is 1.13. The summed E-state index contributed by atoms with van der Waals surface area (Å²) >= 11 is 7.67. The van der Waals surface area contributed by atoms with Crippen LogP contribution in [-0.2, 0) is 16.0 Å². The first-order valence-electron chi connectivity index (χ1n) is 6.42. The molecule has 21 heavy (non-hydrogen) atoms. The number of amides is 2. The molecule has 2 rings (SSSR count). The molecule has 2 aromatic rings. The summed E-state index contributed by atoms with van der Waals surface area (Å²) in [5.41, 5.74) is 2.30. The zero-order chi connectivity index (χ0) is 15.2. The predicted octanol–water partition coefficient (Wildman–Crippen LogP) is 3.93. The molecule has 0 saturated heterocycles. The molecule has 0 saturated carbocycles. The van der Waals surface area contributed by atoms with Crippen LogP contribution in [0.5, 0.6) is 0 Å². The molecule has 0 aliphatic rings. The van der Waals surface area contributed by atoms with Crippen molar-refractivity contribution >= 4 is 46.1 Å². The largest absolute Gasteiger partial charge is 0.326 e. The van der Waals surface area contributed by atoms with Gasteiger partial charge in [-0.25, -0.2) is 0 Å². The zero-order valence-corrected chi connectivity index (χ0v) is 13.1. The average Bonchev–Trinajstić information content (AvgIpc) is 2.92. The van der Waals surface area contributed by atoms with Gasteiger partial charge in [-0.15, -0.1) is 0 Å². The van der Waals surface area contributed by atoms with Crippen LogP contribution in [0.15, 0.2) is 35.0 Å². The highest BCUT2D eigenvalue weighted by molar-refractivity contribution is 7.07. The lowest BCUT2D eigenvalue weighted by Crippen LogP contribution is -2.12. The minimum Gasteiger partial charge on any atom is -0.326 e. The van der Waals surface area contributed by atoms with Crippen LogP contribution in [0.3, 0.4) is 0 Å². The lowest BCUT2D eigenvalue weighted by Gasteiger charge is -2.09. The van der Waals surface area contributed by atoms with Crippen molar-refractivity contribution in [3.05, 3.63) is 45.6 Å². The topological polar surface area (TPSA) is 58.2 Å². The highest BCUT2D eigenvalue weighted by Crippen LogP contribution is 2.25. The molecule has 1 heterocycles. The van der Waals surface area contributed by atoms with E-state index in [1.807, 2.05) is 16.8 Å². The molecule has 110 valence electrons. The lowest BCUT2D eigenvalue weighted by atomic mass is 10.2. The average molecular weight is 323 g/mol. The Labute approximate surface area is 132 Å². The third-order valence-electron chi connectivity index (χ3n) is 2.78. The van der Waals surface area contributed by atoms with Gasteiger partial charge in [-0.2, -0.15) is 11.3 Å². The van der Waals surface area contributed by atoms with Crippen LogP contribution >= 0.6 is 22.9 Å². The van der Waals surface area contributed by atoms with E-state index >= 15 is 0 Å². The van der Waals surface area contributed by atoms with Gasteiger partial charge in [-0.3, -0.25) is 9.59 Å². The summed E-state index contributed by atoms with van der Waals surface area (Å²) < 4.78 is 0. The molecule has 0 unspecified atom stereocenters. The van der Waals surface area contributed by atoms with Gasteiger partial charge in [0.15, 0.2) is 0 Å². The van der Waals surface area contributed by atoms with Crippen molar-refractivity contribution in [1.29, 1.82) is 0 Å². The maximum absolute atomic E-state index is 11.9. The highest BCUT2D eigenvalue weighted by Gasteiger charge is 2.07. The molecular formula is C15H15ClN2O2S. The van der Waals surface area contributed by atoms with E-state index in [1.54, 1.807) is 29.5 Å². The standard InChI is InChI=1S/C15H15ClN2O2S/c1-10(19)17-14-4-3-12(8-13(14)16)18-15(20)5-2-11-6-7-21-9-11/h3-4,6-9H,2,5H2,1H3,(H,17,19)(H,18,20). The first-order chi connectivity index (χ1) is 10.0. The van der Waals surface area contributed by atoms with Gasteiger partial charge in [0.25, 0.3) is 0 Å². The Morgan fingerprint density at radius 2 is 2.05 bits per heavy atom. The fourth-order valence-electron chi connectivity index (χ4n) is 1.80. The molecule has 0 aliphatic heterocycles. The summed E-state index contributed by atoms with van der Waals surface area (Å²) in [6, 6.07) is 7.00. The molecule has 1 aromatic carbocycles. The number of hydrogen-bond donors (Lipinski definition) is 2. The Bertz CT molecular complexity index is 641. The summed E-state index contributed by atoms with van der Waals surface area (Å²) in [4.78, 5) is 22.8. The molecule has 6 heteroatoms. The van der Waals surface area contributed by atoms with Crippen LogP contribution in [-0.4, -0.2) is 11.8 Å². The Hall–Kier alpha value is -1.85. The monoisotopic (exact) mass is 322 g/mol. The quantitative estimate of drug-likeness (QED) is 0.876. The third-order valence-corrected chi connectivity index (χ3v) is 3.83. The molecule has 4 nitrogen and oxygen atoms in total. The van der Waals surface area contributed by atoms with Gasteiger partial charge in [0.1, 0.15) is 0 Å². The minimum atomic E-state index is -0.190. The Balaban J connectivity index is 1.91.